The molecule has 1 aromatic heterocycles. The van der Waals surface area contributed by atoms with Crippen molar-refractivity contribution in [1.29, 1.82) is 0 Å². The molecule has 0 N–H and O–H groups in total. The average molecular weight is 381 g/mol. The maximum absolute atomic E-state index is 13.0. The summed E-state index contributed by atoms with van der Waals surface area (Å²) in [5, 5.41) is 8.09. The first-order valence-electron chi connectivity index (χ1n) is 7.20. The minimum Gasteiger partial charge on any atom is -0.449 e. The van der Waals surface area contributed by atoms with Crippen molar-refractivity contribution in [3.8, 4) is 11.5 Å². The van der Waals surface area contributed by atoms with E-state index in [2.05, 4.69) is 10.2 Å². The van der Waals surface area contributed by atoms with Crippen LogP contribution in [0.2, 0.25) is 10.0 Å². The van der Waals surface area contributed by atoms with Gasteiger partial charge in [0.05, 0.1) is 15.6 Å². The number of rotatable bonds is 4. The minimum absolute atomic E-state index is 0.103. The van der Waals surface area contributed by atoms with E-state index in [1.54, 1.807) is 19.1 Å². The first-order valence-corrected chi connectivity index (χ1v) is 7.95. The second kappa shape index (κ2) is 7.21. The fourth-order valence-electron chi connectivity index (χ4n) is 2.04. The molecule has 8 heteroatoms. The van der Waals surface area contributed by atoms with Gasteiger partial charge in [-0.2, -0.15) is 0 Å². The van der Waals surface area contributed by atoms with Crippen LogP contribution in [-0.2, 0) is 4.74 Å². The highest BCUT2D eigenvalue weighted by Gasteiger charge is 2.22. The van der Waals surface area contributed by atoms with Crippen LogP contribution in [0.15, 0.2) is 46.9 Å². The lowest BCUT2D eigenvalue weighted by molar-refractivity contribution is 0.0280. The number of carbonyl (C=O) groups is 1. The summed E-state index contributed by atoms with van der Waals surface area (Å²) in [6.07, 6.45) is -0.802. The number of hydrogen-bond donors (Lipinski definition) is 0. The van der Waals surface area contributed by atoms with Crippen LogP contribution in [-0.4, -0.2) is 16.2 Å². The smallest absolute Gasteiger partial charge is 0.340 e. The Morgan fingerprint density at radius 3 is 2.60 bits per heavy atom. The quantitative estimate of drug-likeness (QED) is 0.589. The van der Waals surface area contributed by atoms with E-state index in [0.29, 0.717) is 5.56 Å². The Bertz CT molecular complexity index is 913. The SMILES string of the molecule is C[C@@H](OC(=O)c1cccc(Cl)c1Cl)c1nnc(-c2ccc(F)cc2)o1. The number of ether oxygens (including phenoxy) is 1. The second-order valence-electron chi connectivity index (χ2n) is 5.10. The largest absolute Gasteiger partial charge is 0.449 e. The molecule has 128 valence electrons. The highest BCUT2D eigenvalue weighted by molar-refractivity contribution is 6.43. The Morgan fingerprint density at radius 1 is 1.16 bits per heavy atom. The van der Waals surface area contributed by atoms with Crippen LogP contribution in [0, 0.1) is 5.82 Å². The Kier molecular flexibility index (Phi) is 5.01. The van der Waals surface area contributed by atoms with Crippen LogP contribution in [0.4, 0.5) is 4.39 Å². The molecule has 0 unspecified atom stereocenters. The number of halogens is 3. The summed E-state index contributed by atoms with van der Waals surface area (Å²) in [4.78, 5) is 12.2. The van der Waals surface area contributed by atoms with Gasteiger partial charge in [0.1, 0.15) is 5.82 Å². The topological polar surface area (TPSA) is 65.2 Å². The molecule has 0 aliphatic heterocycles. The summed E-state index contributed by atoms with van der Waals surface area (Å²) in [6, 6.07) is 10.2. The van der Waals surface area contributed by atoms with E-state index in [9.17, 15) is 9.18 Å². The molecule has 0 amide bonds. The van der Waals surface area contributed by atoms with Crippen molar-refractivity contribution in [2.75, 3.05) is 0 Å². The molecule has 0 fully saturated rings. The molecule has 0 radical (unpaired) electrons. The van der Waals surface area contributed by atoms with Crippen molar-refractivity contribution in [1.82, 2.24) is 10.2 Å². The fourth-order valence-corrected chi connectivity index (χ4v) is 2.42. The monoisotopic (exact) mass is 380 g/mol. The van der Waals surface area contributed by atoms with E-state index in [1.807, 2.05) is 0 Å². The lowest BCUT2D eigenvalue weighted by atomic mass is 10.2. The summed E-state index contributed by atoms with van der Waals surface area (Å²) in [6.45, 7) is 1.58. The van der Waals surface area contributed by atoms with Gasteiger partial charge in [-0.15, -0.1) is 10.2 Å². The van der Waals surface area contributed by atoms with Crippen molar-refractivity contribution in [3.63, 3.8) is 0 Å². The first kappa shape index (κ1) is 17.4. The molecular formula is C17H11Cl2FN2O3. The van der Waals surface area contributed by atoms with E-state index in [1.165, 1.54) is 30.3 Å². The third-order valence-corrected chi connectivity index (χ3v) is 4.15. The molecule has 0 spiro atoms. The number of esters is 1. The molecular weight excluding hydrogens is 370 g/mol. The first-order chi connectivity index (χ1) is 12.0. The van der Waals surface area contributed by atoms with Gasteiger partial charge in [0.15, 0.2) is 6.10 Å². The summed E-state index contributed by atoms with van der Waals surface area (Å²) in [7, 11) is 0. The number of nitrogens with zero attached hydrogens (tertiary/aromatic N) is 2. The predicted molar refractivity (Wildman–Crippen MR) is 90.0 cm³/mol. The third-order valence-electron chi connectivity index (χ3n) is 3.33. The molecule has 5 nitrogen and oxygen atoms in total. The van der Waals surface area contributed by atoms with E-state index in [-0.39, 0.29) is 33.2 Å². The minimum atomic E-state index is -0.802. The van der Waals surface area contributed by atoms with Crippen molar-refractivity contribution < 1.29 is 18.3 Å². The van der Waals surface area contributed by atoms with Gasteiger partial charge >= 0.3 is 5.97 Å². The van der Waals surface area contributed by atoms with Crippen LogP contribution in [0.3, 0.4) is 0 Å². The molecule has 25 heavy (non-hydrogen) atoms. The summed E-state index contributed by atoms with van der Waals surface area (Å²) >= 11 is 11.9. The standard InChI is InChI=1S/C17H11Cl2FN2O3/c1-9(24-17(23)12-3-2-4-13(18)14(12)19)15-21-22-16(25-15)10-5-7-11(20)8-6-10/h2-9H,1H3/t9-/m1/s1. The third kappa shape index (κ3) is 3.81. The summed E-state index contributed by atoms with van der Waals surface area (Å²) in [5.74, 6) is -0.741. The van der Waals surface area contributed by atoms with Gasteiger partial charge in [-0.3, -0.25) is 0 Å². The number of carbonyl (C=O) groups excluding carboxylic acids is 1. The van der Waals surface area contributed by atoms with E-state index in [0.717, 1.165) is 0 Å². The fraction of sp³-hybridized carbons (Fsp3) is 0.118. The van der Waals surface area contributed by atoms with Crippen LogP contribution >= 0.6 is 23.2 Å². The lowest BCUT2D eigenvalue weighted by Crippen LogP contribution is -2.10. The number of benzene rings is 2. The van der Waals surface area contributed by atoms with Crippen molar-refractivity contribution >= 4 is 29.2 Å². The van der Waals surface area contributed by atoms with E-state index >= 15 is 0 Å². The Labute approximate surface area is 152 Å². The van der Waals surface area contributed by atoms with Crippen molar-refractivity contribution in [2.24, 2.45) is 0 Å². The second-order valence-corrected chi connectivity index (χ2v) is 5.89. The zero-order valence-electron chi connectivity index (χ0n) is 12.9. The molecule has 1 atom stereocenters. The molecule has 1 heterocycles. The Balaban J connectivity index is 1.75. The van der Waals surface area contributed by atoms with Crippen molar-refractivity contribution in [3.05, 3.63) is 69.8 Å². The predicted octanol–water partition coefficient (Wildman–Crippen LogP) is 5.10. The molecule has 0 aliphatic carbocycles. The molecule has 0 aliphatic rings. The van der Waals surface area contributed by atoms with Gasteiger partial charge in [-0.1, -0.05) is 29.3 Å². The van der Waals surface area contributed by atoms with Crippen molar-refractivity contribution in [2.45, 2.75) is 13.0 Å². The zero-order chi connectivity index (χ0) is 18.0. The maximum Gasteiger partial charge on any atom is 0.340 e. The zero-order valence-corrected chi connectivity index (χ0v) is 14.4. The number of aromatic nitrogens is 2. The molecule has 3 aromatic rings. The van der Waals surface area contributed by atoms with Gasteiger partial charge in [0.2, 0.25) is 5.89 Å². The molecule has 0 saturated heterocycles. The van der Waals surface area contributed by atoms with E-state index < -0.39 is 12.1 Å². The average Bonchev–Trinajstić information content (AvgIpc) is 3.08. The van der Waals surface area contributed by atoms with Crippen LogP contribution in [0.5, 0.6) is 0 Å². The van der Waals surface area contributed by atoms with Crippen LogP contribution < -0.4 is 0 Å². The van der Waals surface area contributed by atoms with Gasteiger partial charge in [0.25, 0.3) is 5.89 Å². The highest BCUT2D eigenvalue weighted by atomic mass is 35.5. The molecule has 2 aromatic carbocycles. The van der Waals surface area contributed by atoms with Gasteiger partial charge in [-0.05, 0) is 43.3 Å². The maximum atomic E-state index is 13.0. The Morgan fingerprint density at radius 2 is 1.88 bits per heavy atom. The summed E-state index contributed by atoms with van der Waals surface area (Å²) < 4.78 is 23.7. The molecule has 0 saturated carbocycles. The normalized spacial score (nSPS) is 12.0. The van der Waals surface area contributed by atoms with Crippen LogP contribution in [0.1, 0.15) is 29.3 Å². The van der Waals surface area contributed by atoms with Crippen LogP contribution in [0.25, 0.3) is 11.5 Å². The highest BCUT2D eigenvalue weighted by Crippen LogP contribution is 2.28. The lowest BCUT2D eigenvalue weighted by Gasteiger charge is -2.10. The summed E-state index contributed by atoms with van der Waals surface area (Å²) in [5.41, 5.74) is 0.691. The van der Waals surface area contributed by atoms with E-state index in [4.69, 9.17) is 32.4 Å². The molecule has 3 rings (SSSR count). The van der Waals surface area contributed by atoms with Gasteiger partial charge in [0, 0.05) is 5.56 Å². The number of hydrogen-bond acceptors (Lipinski definition) is 5. The van der Waals surface area contributed by atoms with Gasteiger partial charge < -0.3 is 9.15 Å². The molecule has 0 bridgehead atoms. The Hall–Kier alpha value is -2.44. The van der Waals surface area contributed by atoms with Gasteiger partial charge in [-0.25, -0.2) is 9.18 Å².